The third-order valence-electron chi connectivity index (χ3n) is 4.01. The Balaban J connectivity index is 1.78. The Kier molecular flexibility index (Phi) is 4.17. The molecule has 0 radical (unpaired) electrons. The van der Waals surface area contributed by atoms with E-state index < -0.39 is 0 Å². The number of hydrogen-bond acceptors (Lipinski definition) is 4. The number of ether oxygens (including phenoxy) is 1. The van der Waals surface area contributed by atoms with Crippen molar-refractivity contribution in [3.05, 3.63) is 0 Å². The van der Waals surface area contributed by atoms with E-state index in [1.165, 1.54) is 0 Å². The first-order valence-corrected chi connectivity index (χ1v) is 6.73. The molecule has 0 aromatic carbocycles. The van der Waals surface area contributed by atoms with Crippen LogP contribution in [0.3, 0.4) is 0 Å². The fourth-order valence-electron chi connectivity index (χ4n) is 2.61. The molecule has 98 valence electrons. The number of rotatable bonds is 4. The molecule has 2 aliphatic rings. The lowest BCUT2D eigenvalue weighted by Gasteiger charge is -2.44. The summed E-state index contributed by atoms with van der Waals surface area (Å²) in [6.45, 7) is 5.01. The molecule has 2 unspecified atom stereocenters. The minimum absolute atomic E-state index is 0.103. The van der Waals surface area contributed by atoms with E-state index in [0.717, 1.165) is 32.3 Å². The number of carbonyl (C=O) groups excluding carboxylic acids is 1. The minimum atomic E-state index is 0.103. The van der Waals surface area contributed by atoms with Crippen LogP contribution in [0.4, 0.5) is 0 Å². The van der Waals surface area contributed by atoms with Gasteiger partial charge in [-0.25, -0.2) is 0 Å². The first-order valence-electron chi connectivity index (χ1n) is 6.73. The van der Waals surface area contributed by atoms with Crippen molar-refractivity contribution in [1.82, 2.24) is 5.32 Å². The van der Waals surface area contributed by atoms with Crippen molar-refractivity contribution in [3.8, 4) is 0 Å². The SMILES string of the molecule is CC(C)[C@@H](N)C1OCC1NC1CCC(=O)CC1. The molecule has 1 saturated carbocycles. The Bertz CT molecular complexity index is 271. The van der Waals surface area contributed by atoms with E-state index in [4.69, 9.17) is 10.5 Å². The van der Waals surface area contributed by atoms with Crippen molar-refractivity contribution in [3.63, 3.8) is 0 Å². The molecule has 0 spiro atoms. The van der Waals surface area contributed by atoms with E-state index in [-0.39, 0.29) is 12.1 Å². The first-order chi connectivity index (χ1) is 8.08. The monoisotopic (exact) mass is 240 g/mol. The maximum absolute atomic E-state index is 11.2. The van der Waals surface area contributed by atoms with Gasteiger partial charge in [-0.1, -0.05) is 13.8 Å². The molecule has 2 rings (SSSR count). The maximum atomic E-state index is 11.2. The van der Waals surface area contributed by atoms with Gasteiger partial charge in [0.2, 0.25) is 0 Å². The average Bonchev–Trinajstić information content (AvgIpc) is 2.26. The molecule has 3 N–H and O–H groups in total. The van der Waals surface area contributed by atoms with Crippen LogP contribution in [0.15, 0.2) is 0 Å². The normalized spacial score (nSPS) is 32.6. The van der Waals surface area contributed by atoms with E-state index in [1.54, 1.807) is 0 Å². The number of nitrogens with one attached hydrogen (secondary N) is 1. The fourth-order valence-corrected chi connectivity index (χ4v) is 2.61. The van der Waals surface area contributed by atoms with Crippen LogP contribution in [-0.4, -0.2) is 36.6 Å². The zero-order valence-corrected chi connectivity index (χ0v) is 10.8. The highest BCUT2D eigenvalue weighted by Gasteiger charge is 2.39. The van der Waals surface area contributed by atoms with Crippen LogP contribution in [-0.2, 0) is 9.53 Å². The molecule has 3 atom stereocenters. The molecular formula is C13H24N2O2. The zero-order valence-electron chi connectivity index (χ0n) is 10.8. The van der Waals surface area contributed by atoms with Gasteiger partial charge in [0.05, 0.1) is 18.8 Å². The van der Waals surface area contributed by atoms with E-state index in [0.29, 0.717) is 23.8 Å². The molecule has 1 saturated heterocycles. The third-order valence-corrected chi connectivity index (χ3v) is 4.01. The van der Waals surface area contributed by atoms with Gasteiger partial charge in [0.15, 0.2) is 0 Å². The second-order valence-electron chi connectivity index (χ2n) is 5.71. The molecule has 0 amide bonds. The fraction of sp³-hybridized carbons (Fsp3) is 0.923. The summed E-state index contributed by atoms with van der Waals surface area (Å²) in [5.74, 6) is 0.848. The van der Waals surface area contributed by atoms with Crippen LogP contribution >= 0.6 is 0 Å². The smallest absolute Gasteiger partial charge is 0.133 e. The summed E-state index contributed by atoms with van der Waals surface area (Å²) in [4.78, 5) is 11.2. The number of hydrogen-bond donors (Lipinski definition) is 2. The number of ketones is 1. The second-order valence-corrected chi connectivity index (χ2v) is 5.71. The van der Waals surface area contributed by atoms with Gasteiger partial charge >= 0.3 is 0 Å². The molecule has 17 heavy (non-hydrogen) atoms. The maximum Gasteiger partial charge on any atom is 0.133 e. The number of Topliss-reactive ketones (excluding diaryl/α,β-unsaturated/α-hetero) is 1. The summed E-state index contributed by atoms with van der Waals surface area (Å²) in [5.41, 5.74) is 6.12. The Morgan fingerprint density at radius 2 is 2.00 bits per heavy atom. The highest BCUT2D eigenvalue weighted by atomic mass is 16.5. The van der Waals surface area contributed by atoms with Gasteiger partial charge < -0.3 is 15.8 Å². The van der Waals surface area contributed by atoms with Crippen molar-refractivity contribution in [2.45, 2.75) is 63.8 Å². The molecule has 1 heterocycles. The summed E-state index contributed by atoms with van der Waals surface area (Å²) in [6, 6.07) is 0.959. The van der Waals surface area contributed by atoms with Gasteiger partial charge in [-0.05, 0) is 18.8 Å². The summed E-state index contributed by atoms with van der Waals surface area (Å²) in [6.07, 6.45) is 3.54. The van der Waals surface area contributed by atoms with E-state index >= 15 is 0 Å². The molecule has 1 aliphatic carbocycles. The van der Waals surface area contributed by atoms with E-state index in [1.807, 2.05) is 0 Å². The summed E-state index contributed by atoms with van der Waals surface area (Å²) in [5, 5.41) is 3.60. The van der Waals surface area contributed by atoms with E-state index in [2.05, 4.69) is 19.2 Å². The van der Waals surface area contributed by atoms with Crippen LogP contribution in [0, 0.1) is 5.92 Å². The summed E-state index contributed by atoms with van der Waals surface area (Å²) in [7, 11) is 0. The van der Waals surface area contributed by atoms with Crippen molar-refractivity contribution in [2.75, 3.05) is 6.61 Å². The second kappa shape index (κ2) is 5.46. The third kappa shape index (κ3) is 3.06. The summed E-state index contributed by atoms with van der Waals surface area (Å²) < 4.78 is 5.57. The lowest BCUT2D eigenvalue weighted by Crippen LogP contribution is -2.64. The Hall–Kier alpha value is -0.450. The summed E-state index contributed by atoms with van der Waals surface area (Å²) >= 11 is 0. The highest BCUT2D eigenvalue weighted by Crippen LogP contribution is 2.23. The van der Waals surface area contributed by atoms with Crippen LogP contribution in [0.25, 0.3) is 0 Å². The van der Waals surface area contributed by atoms with Gasteiger partial charge in [0.1, 0.15) is 5.78 Å². The molecule has 4 nitrogen and oxygen atoms in total. The van der Waals surface area contributed by atoms with Crippen molar-refractivity contribution in [2.24, 2.45) is 11.7 Å². The van der Waals surface area contributed by atoms with Crippen LogP contribution in [0.5, 0.6) is 0 Å². The Morgan fingerprint density at radius 3 is 2.47 bits per heavy atom. The average molecular weight is 240 g/mol. The van der Waals surface area contributed by atoms with Gasteiger partial charge in [0, 0.05) is 24.9 Å². The standard InChI is InChI=1S/C13H24N2O2/c1-8(2)12(14)13-11(7-17-13)15-9-3-5-10(16)6-4-9/h8-9,11-13,15H,3-7,14H2,1-2H3/t11?,12-,13?/m1/s1. The largest absolute Gasteiger partial charge is 0.373 e. The van der Waals surface area contributed by atoms with Crippen molar-refractivity contribution < 1.29 is 9.53 Å². The van der Waals surface area contributed by atoms with Crippen LogP contribution in [0.2, 0.25) is 0 Å². The van der Waals surface area contributed by atoms with Crippen LogP contribution in [0.1, 0.15) is 39.5 Å². The predicted octanol–water partition coefficient (Wildman–Crippen LogP) is 0.838. The van der Waals surface area contributed by atoms with Gasteiger partial charge in [-0.3, -0.25) is 4.79 Å². The Morgan fingerprint density at radius 1 is 1.35 bits per heavy atom. The molecule has 1 aliphatic heterocycles. The van der Waals surface area contributed by atoms with Crippen LogP contribution < -0.4 is 11.1 Å². The zero-order chi connectivity index (χ0) is 12.4. The molecule has 0 aromatic rings. The molecule has 0 aromatic heterocycles. The molecule has 4 heteroatoms. The topological polar surface area (TPSA) is 64.3 Å². The van der Waals surface area contributed by atoms with Crippen molar-refractivity contribution >= 4 is 5.78 Å². The lowest BCUT2D eigenvalue weighted by molar-refractivity contribution is -0.122. The predicted molar refractivity (Wildman–Crippen MR) is 66.7 cm³/mol. The van der Waals surface area contributed by atoms with Gasteiger partial charge in [0.25, 0.3) is 0 Å². The number of nitrogens with two attached hydrogens (primary N) is 1. The number of carbonyl (C=O) groups is 1. The van der Waals surface area contributed by atoms with E-state index in [9.17, 15) is 4.79 Å². The van der Waals surface area contributed by atoms with Gasteiger partial charge in [-0.2, -0.15) is 0 Å². The molecular weight excluding hydrogens is 216 g/mol. The minimum Gasteiger partial charge on any atom is -0.373 e. The van der Waals surface area contributed by atoms with Gasteiger partial charge in [-0.15, -0.1) is 0 Å². The molecule has 0 bridgehead atoms. The lowest BCUT2D eigenvalue weighted by atomic mass is 9.88. The first kappa shape index (κ1) is 13.0. The quantitative estimate of drug-likeness (QED) is 0.764. The van der Waals surface area contributed by atoms with Crippen molar-refractivity contribution in [1.29, 1.82) is 0 Å². The Labute approximate surface area is 103 Å². The molecule has 2 fully saturated rings. The highest BCUT2D eigenvalue weighted by molar-refractivity contribution is 5.79.